The maximum absolute atomic E-state index is 12.9. The van der Waals surface area contributed by atoms with Gasteiger partial charge in [-0.05, 0) is 47.3 Å². The molecule has 0 bridgehead atoms. The predicted octanol–water partition coefficient (Wildman–Crippen LogP) is 2.72. The van der Waals surface area contributed by atoms with Gasteiger partial charge >= 0.3 is 0 Å². The normalized spacial score (nSPS) is 20.6. The summed E-state index contributed by atoms with van der Waals surface area (Å²) in [7, 11) is -3.68. The highest BCUT2D eigenvalue weighted by Crippen LogP contribution is 2.36. The molecule has 0 aliphatic carbocycles. The van der Waals surface area contributed by atoms with E-state index in [1.165, 1.54) is 4.31 Å². The summed E-state index contributed by atoms with van der Waals surface area (Å²) in [6.45, 7) is 0.447. The molecule has 1 aliphatic heterocycles. The van der Waals surface area contributed by atoms with Gasteiger partial charge in [0.25, 0.3) is 0 Å². The Balaban J connectivity index is 2.45. The van der Waals surface area contributed by atoms with Gasteiger partial charge in [0, 0.05) is 28.1 Å². The number of rotatable bonds is 4. The molecule has 1 saturated heterocycles. The van der Waals surface area contributed by atoms with Gasteiger partial charge in [-0.3, -0.25) is 0 Å². The SMILES string of the molecule is Nc1cc(Br)cc(Br)c1S(=O)(=O)N1CCCCC1CCO. The number of aliphatic hydroxyl groups excluding tert-OH is 1. The number of anilines is 1. The highest BCUT2D eigenvalue weighted by molar-refractivity contribution is 9.11. The molecule has 0 aromatic heterocycles. The molecule has 3 N–H and O–H groups in total. The van der Waals surface area contributed by atoms with Gasteiger partial charge < -0.3 is 10.8 Å². The lowest BCUT2D eigenvalue weighted by Crippen LogP contribution is -2.44. The van der Waals surface area contributed by atoms with Crippen LogP contribution in [0.25, 0.3) is 0 Å². The average molecular weight is 442 g/mol. The highest BCUT2D eigenvalue weighted by Gasteiger charge is 2.35. The van der Waals surface area contributed by atoms with Crippen LogP contribution in [0, 0.1) is 0 Å². The number of nitrogens with zero attached hydrogens (tertiary/aromatic N) is 1. The minimum Gasteiger partial charge on any atom is -0.398 e. The van der Waals surface area contributed by atoms with Crippen LogP contribution in [0.1, 0.15) is 25.7 Å². The van der Waals surface area contributed by atoms with Crippen molar-refractivity contribution in [1.29, 1.82) is 0 Å². The topological polar surface area (TPSA) is 83.6 Å². The Bertz CT molecular complexity index is 597. The quantitative estimate of drug-likeness (QED) is 0.703. The summed E-state index contributed by atoms with van der Waals surface area (Å²) < 4.78 is 28.5. The van der Waals surface area contributed by atoms with E-state index in [0.29, 0.717) is 17.4 Å². The Morgan fingerprint density at radius 3 is 2.67 bits per heavy atom. The van der Waals surface area contributed by atoms with Gasteiger partial charge in [0.2, 0.25) is 10.0 Å². The molecule has 1 heterocycles. The summed E-state index contributed by atoms with van der Waals surface area (Å²) in [6.07, 6.45) is 3.03. The number of aliphatic hydroxyl groups is 1. The van der Waals surface area contributed by atoms with Crippen molar-refractivity contribution in [3.63, 3.8) is 0 Å². The number of hydrogen-bond donors (Lipinski definition) is 2. The second kappa shape index (κ2) is 6.95. The van der Waals surface area contributed by atoms with Crippen LogP contribution < -0.4 is 5.73 Å². The van der Waals surface area contributed by atoms with Gasteiger partial charge in [-0.1, -0.05) is 22.4 Å². The molecule has 1 unspecified atom stereocenters. The van der Waals surface area contributed by atoms with Crippen LogP contribution in [0.3, 0.4) is 0 Å². The number of nitrogen functional groups attached to an aromatic ring is 1. The Morgan fingerprint density at radius 2 is 2.05 bits per heavy atom. The molecule has 2 rings (SSSR count). The third kappa shape index (κ3) is 3.61. The fraction of sp³-hybridized carbons (Fsp3) is 0.538. The number of nitrogens with two attached hydrogens (primary N) is 1. The Labute approximate surface area is 141 Å². The van der Waals surface area contributed by atoms with E-state index < -0.39 is 10.0 Å². The lowest BCUT2D eigenvalue weighted by molar-refractivity contribution is 0.192. The van der Waals surface area contributed by atoms with Crippen molar-refractivity contribution >= 4 is 47.6 Å². The smallest absolute Gasteiger partial charge is 0.246 e. The van der Waals surface area contributed by atoms with Crippen LogP contribution in [-0.4, -0.2) is 37.0 Å². The van der Waals surface area contributed by atoms with Crippen molar-refractivity contribution in [1.82, 2.24) is 4.31 Å². The first-order chi connectivity index (χ1) is 9.87. The number of sulfonamides is 1. The minimum atomic E-state index is -3.68. The highest BCUT2D eigenvalue weighted by atomic mass is 79.9. The standard InChI is InChI=1S/C13H18Br2N2O3S/c14-9-7-11(15)13(12(16)8-9)21(19,20)17-5-2-1-3-10(17)4-6-18/h7-8,10,18H,1-6,16H2. The molecule has 1 fully saturated rings. The first-order valence-electron chi connectivity index (χ1n) is 6.75. The second-order valence-electron chi connectivity index (χ2n) is 5.08. The average Bonchev–Trinajstić information content (AvgIpc) is 2.37. The van der Waals surface area contributed by atoms with Crippen LogP contribution in [0.2, 0.25) is 0 Å². The lowest BCUT2D eigenvalue weighted by atomic mass is 10.0. The van der Waals surface area contributed by atoms with Crippen LogP contribution >= 0.6 is 31.9 Å². The molecule has 118 valence electrons. The molecule has 0 spiro atoms. The van der Waals surface area contributed by atoms with Crippen LogP contribution in [-0.2, 0) is 10.0 Å². The molecule has 1 aliphatic rings. The van der Waals surface area contributed by atoms with Gasteiger partial charge in [-0.25, -0.2) is 8.42 Å². The maximum atomic E-state index is 12.9. The van der Waals surface area contributed by atoms with E-state index in [0.717, 1.165) is 23.7 Å². The molecule has 0 saturated carbocycles. The second-order valence-corrected chi connectivity index (χ2v) is 8.68. The van der Waals surface area contributed by atoms with Crippen molar-refractivity contribution < 1.29 is 13.5 Å². The summed E-state index contributed by atoms with van der Waals surface area (Å²) in [6, 6.07) is 3.10. The maximum Gasteiger partial charge on any atom is 0.246 e. The molecule has 1 atom stereocenters. The van der Waals surface area contributed by atoms with Gasteiger partial charge in [0.15, 0.2) is 0 Å². The largest absolute Gasteiger partial charge is 0.398 e. The summed E-state index contributed by atoms with van der Waals surface area (Å²) in [5, 5.41) is 9.16. The van der Waals surface area contributed by atoms with Crippen molar-refractivity contribution in [3.05, 3.63) is 21.1 Å². The molecule has 8 heteroatoms. The van der Waals surface area contributed by atoms with E-state index in [-0.39, 0.29) is 23.2 Å². The third-order valence-electron chi connectivity index (χ3n) is 3.64. The first kappa shape index (κ1) is 17.2. The zero-order chi connectivity index (χ0) is 15.6. The number of benzene rings is 1. The van der Waals surface area contributed by atoms with E-state index in [2.05, 4.69) is 31.9 Å². The zero-order valence-corrected chi connectivity index (χ0v) is 15.4. The Hall–Kier alpha value is -0.150. The van der Waals surface area contributed by atoms with Crippen molar-refractivity contribution in [2.24, 2.45) is 0 Å². The number of hydrogen-bond acceptors (Lipinski definition) is 4. The van der Waals surface area contributed by atoms with Gasteiger partial charge in [-0.15, -0.1) is 0 Å². The monoisotopic (exact) mass is 440 g/mol. The fourth-order valence-electron chi connectivity index (χ4n) is 2.70. The molecule has 21 heavy (non-hydrogen) atoms. The van der Waals surface area contributed by atoms with Gasteiger partial charge in [-0.2, -0.15) is 4.31 Å². The Kier molecular flexibility index (Phi) is 5.70. The molecular formula is C13H18Br2N2O3S. The fourth-order valence-corrected chi connectivity index (χ4v) is 6.44. The summed E-state index contributed by atoms with van der Waals surface area (Å²) in [4.78, 5) is 0.107. The number of piperidine rings is 1. The minimum absolute atomic E-state index is 0.0202. The summed E-state index contributed by atoms with van der Waals surface area (Å²) in [5.41, 5.74) is 6.13. The molecule has 0 amide bonds. The van der Waals surface area contributed by atoms with E-state index in [1.807, 2.05) is 0 Å². The van der Waals surface area contributed by atoms with E-state index >= 15 is 0 Å². The van der Waals surface area contributed by atoms with E-state index in [1.54, 1.807) is 12.1 Å². The summed E-state index contributed by atoms with van der Waals surface area (Å²) >= 11 is 6.59. The van der Waals surface area contributed by atoms with Crippen LogP contribution in [0.15, 0.2) is 26.0 Å². The van der Waals surface area contributed by atoms with E-state index in [9.17, 15) is 8.42 Å². The Morgan fingerprint density at radius 1 is 1.33 bits per heavy atom. The molecular weight excluding hydrogens is 424 g/mol. The summed E-state index contributed by atoms with van der Waals surface area (Å²) in [5.74, 6) is 0. The molecule has 1 aromatic rings. The third-order valence-corrected chi connectivity index (χ3v) is 7.05. The van der Waals surface area contributed by atoms with E-state index in [4.69, 9.17) is 10.8 Å². The predicted molar refractivity (Wildman–Crippen MR) is 89.5 cm³/mol. The molecule has 5 nitrogen and oxygen atoms in total. The van der Waals surface area contributed by atoms with Gasteiger partial charge in [0.1, 0.15) is 4.90 Å². The molecule has 1 aromatic carbocycles. The van der Waals surface area contributed by atoms with Crippen LogP contribution in [0.4, 0.5) is 5.69 Å². The zero-order valence-electron chi connectivity index (χ0n) is 11.4. The first-order valence-corrected chi connectivity index (χ1v) is 9.77. The van der Waals surface area contributed by atoms with Crippen molar-refractivity contribution in [2.45, 2.75) is 36.6 Å². The van der Waals surface area contributed by atoms with Crippen LogP contribution in [0.5, 0.6) is 0 Å². The lowest BCUT2D eigenvalue weighted by Gasteiger charge is -2.34. The molecule has 0 radical (unpaired) electrons. The van der Waals surface area contributed by atoms with Crippen molar-refractivity contribution in [3.8, 4) is 0 Å². The van der Waals surface area contributed by atoms with Gasteiger partial charge in [0.05, 0.1) is 5.69 Å². The van der Waals surface area contributed by atoms with Crippen molar-refractivity contribution in [2.75, 3.05) is 18.9 Å². The number of halogens is 2.